The van der Waals surface area contributed by atoms with Gasteiger partial charge in [0.2, 0.25) is 0 Å². The van der Waals surface area contributed by atoms with Crippen LogP contribution in [0.2, 0.25) is 0 Å². The van der Waals surface area contributed by atoms with Crippen LogP contribution in [0.1, 0.15) is 42.6 Å². The molecule has 1 N–H and O–H groups in total. The number of hydrogen-bond acceptors (Lipinski definition) is 2. The minimum absolute atomic E-state index is 0.108. The molecule has 0 fully saturated rings. The first-order valence-corrected chi connectivity index (χ1v) is 6.13. The van der Waals surface area contributed by atoms with Gasteiger partial charge in [0.25, 0.3) is 5.91 Å². The maximum absolute atomic E-state index is 12.3. The lowest BCUT2D eigenvalue weighted by atomic mass is 9.95. The van der Waals surface area contributed by atoms with Gasteiger partial charge in [-0.25, -0.2) is 0 Å². The van der Waals surface area contributed by atoms with E-state index in [-0.39, 0.29) is 5.91 Å². The molecule has 1 atom stereocenters. The number of carboxylic acid groups (broad SMARTS) is 1. The third kappa shape index (κ3) is 2.88. The molecular formula is C14H19NO3. The van der Waals surface area contributed by atoms with Crippen molar-refractivity contribution in [3.63, 3.8) is 0 Å². The van der Waals surface area contributed by atoms with Gasteiger partial charge in [-0.05, 0) is 32.4 Å². The molecular weight excluding hydrogens is 230 g/mol. The molecule has 0 aliphatic carbocycles. The zero-order valence-electron chi connectivity index (χ0n) is 11.0. The summed E-state index contributed by atoms with van der Waals surface area (Å²) in [6.45, 7) is 6.64. The highest BCUT2D eigenvalue weighted by Crippen LogP contribution is 2.21. The van der Waals surface area contributed by atoms with E-state index < -0.39 is 11.9 Å². The minimum Gasteiger partial charge on any atom is -0.481 e. The van der Waals surface area contributed by atoms with Crippen LogP contribution in [0.4, 0.5) is 0 Å². The van der Waals surface area contributed by atoms with Crippen LogP contribution in [0, 0.1) is 0 Å². The molecule has 98 valence electrons. The molecule has 1 unspecified atom stereocenters. The summed E-state index contributed by atoms with van der Waals surface area (Å²) in [5.74, 6) is -1.71. The van der Waals surface area contributed by atoms with Gasteiger partial charge in [0.15, 0.2) is 0 Å². The maximum atomic E-state index is 12.3. The number of carbonyl (C=O) groups excluding carboxylic acids is 1. The highest BCUT2D eigenvalue weighted by Gasteiger charge is 2.22. The van der Waals surface area contributed by atoms with Crippen molar-refractivity contribution in [2.24, 2.45) is 0 Å². The average molecular weight is 249 g/mol. The van der Waals surface area contributed by atoms with Crippen molar-refractivity contribution in [1.82, 2.24) is 4.90 Å². The Hall–Kier alpha value is -1.84. The second-order valence-corrected chi connectivity index (χ2v) is 4.12. The van der Waals surface area contributed by atoms with E-state index in [2.05, 4.69) is 0 Å². The second-order valence-electron chi connectivity index (χ2n) is 4.12. The predicted molar refractivity (Wildman–Crippen MR) is 69.7 cm³/mol. The molecule has 1 aromatic carbocycles. The van der Waals surface area contributed by atoms with Gasteiger partial charge in [0.1, 0.15) is 0 Å². The first-order valence-electron chi connectivity index (χ1n) is 6.13. The smallest absolute Gasteiger partial charge is 0.310 e. The monoisotopic (exact) mass is 249 g/mol. The Kier molecular flexibility index (Phi) is 4.89. The molecule has 0 saturated carbocycles. The molecule has 0 radical (unpaired) electrons. The first kappa shape index (κ1) is 14.2. The van der Waals surface area contributed by atoms with Gasteiger partial charge in [-0.2, -0.15) is 0 Å². The van der Waals surface area contributed by atoms with Crippen LogP contribution in [0.5, 0.6) is 0 Å². The number of amides is 1. The Bertz CT molecular complexity index is 438. The van der Waals surface area contributed by atoms with Gasteiger partial charge >= 0.3 is 5.97 Å². The summed E-state index contributed by atoms with van der Waals surface area (Å²) in [7, 11) is 0. The lowest BCUT2D eigenvalue weighted by Gasteiger charge is -2.21. The van der Waals surface area contributed by atoms with E-state index in [1.807, 2.05) is 13.8 Å². The van der Waals surface area contributed by atoms with E-state index >= 15 is 0 Å². The van der Waals surface area contributed by atoms with E-state index in [4.69, 9.17) is 5.11 Å². The Labute approximate surface area is 107 Å². The molecule has 18 heavy (non-hydrogen) atoms. The number of hydrogen-bond donors (Lipinski definition) is 1. The van der Waals surface area contributed by atoms with E-state index in [9.17, 15) is 9.59 Å². The summed E-state index contributed by atoms with van der Waals surface area (Å²) in [5.41, 5.74) is 1.05. The summed E-state index contributed by atoms with van der Waals surface area (Å²) in [6.07, 6.45) is 0. The molecule has 1 rings (SSSR count). The van der Waals surface area contributed by atoms with Gasteiger partial charge in [-0.15, -0.1) is 0 Å². The first-order chi connectivity index (χ1) is 8.52. The van der Waals surface area contributed by atoms with Crippen LogP contribution in [-0.2, 0) is 4.79 Å². The zero-order valence-corrected chi connectivity index (χ0v) is 11.0. The lowest BCUT2D eigenvalue weighted by Crippen LogP contribution is -2.31. The fourth-order valence-electron chi connectivity index (χ4n) is 1.88. The number of aliphatic carboxylic acids is 1. The molecule has 4 heteroatoms. The number of carboxylic acids is 1. The Morgan fingerprint density at radius 2 is 1.78 bits per heavy atom. The van der Waals surface area contributed by atoms with E-state index in [1.165, 1.54) is 0 Å². The lowest BCUT2D eigenvalue weighted by molar-refractivity contribution is -0.138. The molecule has 0 saturated heterocycles. The summed E-state index contributed by atoms with van der Waals surface area (Å²) < 4.78 is 0. The fourth-order valence-corrected chi connectivity index (χ4v) is 1.88. The van der Waals surface area contributed by atoms with Crippen molar-refractivity contribution < 1.29 is 14.7 Å². The SMILES string of the molecule is CCN(CC)C(=O)c1ccccc1C(C)C(=O)O. The van der Waals surface area contributed by atoms with Gasteiger partial charge in [0, 0.05) is 18.7 Å². The van der Waals surface area contributed by atoms with Crippen molar-refractivity contribution in [3.8, 4) is 0 Å². The molecule has 1 aromatic rings. The van der Waals surface area contributed by atoms with Crippen LogP contribution < -0.4 is 0 Å². The summed E-state index contributed by atoms with van der Waals surface area (Å²) in [4.78, 5) is 25.0. The Balaban J connectivity index is 3.16. The van der Waals surface area contributed by atoms with Crippen LogP contribution in [0.15, 0.2) is 24.3 Å². The van der Waals surface area contributed by atoms with Crippen molar-refractivity contribution in [1.29, 1.82) is 0 Å². The van der Waals surface area contributed by atoms with Gasteiger partial charge in [-0.1, -0.05) is 18.2 Å². The van der Waals surface area contributed by atoms with Crippen molar-refractivity contribution >= 4 is 11.9 Å². The van der Waals surface area contributed by atoms with E-state index in [1.54, 1.807) is 36.1 Å². The van der Waals surface area contributed by atoms with Crippen LogP contribution in [0.3, 0.4) is 0 Å². The molecule has 0 aromatic heterocycles. The van der Waals surface area contributed by atoms with E-state index in [0.29, 0.717) is 24.2 Å². The summed E-state index contributed by atoms with van der Waals surface area (Å²) in [6, 6.07) is 6.91. The number of carbonyl (C=O) groups is 2. The summed E-state index contributed by atoms with van der Waals surface area (Å²) in [5, 5.41) is 9.07. The molecule has 0 aliphatic rings. The highest BCUT2D eigenvalue weighted by atomic mass is 16.4. The van der Waals surface area contributed by atoms with Crippen LogP contribution in [0.25, 0.3) is 0 Å². The van der Waals surface area contributed by atoms with Crippen molar-refractivity contribution in [3.05, 3.63) is 35.4 Å². The topological polar surface area (TPSA) is 57.6 Å². The van der Waals surface area contributed by atoms with Crippen LogP contribution >= 0.6 is 0 Å². The van der Waals surface area contributed by atoms with Crippen LogP contribution in [-0.4, -0.2) is 35.0 Å². The summed E-state index contributed by atoms with van der Waals surface area (Å²) >= 11 is 0. The number of benzene rings is 1. The van der Waals surface area contributed by atoms with Gasteiger partial charge in [-0.3, -0.25) is 9.59 Å². The Morgan fingerprint density at radius 1 is 1.22 bits per heavy atom. The van der Waals surface area contributed by atoms with Gasteiger partial charge in [0.05, 0.1) is 5.92 Å². The normalized spacial score (nSPS) is 11.9. The van der Waals surface area contributed by atoms with Gasteiger partial charge < -0.3 is 10.0 Å². The second kappa shape index (κ2) is 6.19. The third-order valence-electron chi connectivity index (χ3n) is 3.08. The molecule has 1 amide bonds. The quantitative estimate of drug-likeness (QED) is 0.871. The molecule has 4 nitrogen and oxygen atoms in total. The highest BCUT2D eigenvalue weighted by molar-refractivity contribution is 5.97. The molecule has 0 bridgehead atoms. The standard InChI is InChI=1S/C14H19NO3/c1-4-15(5-2)13(16)12-9-7-6-8-11(12)10(3)14(17)18/h6-10H,4-5H2,1-3H3,(H,17,18). The zero-order chi connectivity index (χ0) is 13.7. The Morgan fingerprint density at radius 3 is 2.28 bits per heavy atom. The van der Waals surface area contributed by atoms with Crippen molar-refractivity contribution in [2.45, 2.75) is 26.7 Å². The molecule has 0 heterocycles. The number of rotatable bonds is 5. The molecule has 0 aliphatic heterocycles. The fraction of sp³-hybridized carbons (Fsp3) is 0.429. The largest absolute Gasteiger partial charge is 0.481 e. The van der Waals surface area contributed by atoms with Crippen molar-refractivity contribution in [2.75, 3.05) is 13.1 Å². The molecule has 0 spiro atoms. The maximum Gasteiger partial charge on any atom is 0.310 e. The third-order valence-corrected chi connectivity index (χ3v) is 3.08. The number of nitrogens with zero attached hydrogens (tertiary/aromatic N) is 1. The average Bonchev–Trinajstić information content (AvgIpc) is 2.39. The van der Waals surface area contributed by atoms with E-state index in [0.717, 1.165) is 0 Å². The minimum atomic E-state index is -0.921. The predicted octanol–water partition coefficient (Wildman–Crippen LogP) is 2.36.